The van der Waals surface area contributed by atoms with Gasteiger partial charge in [0.15, 0.2) is 0 Å². The number of aromatic hydroxyl groups is 2. The Bertz CT molecular complexity index is 740. The first-order chi connectivity index (χ1) is 10.4. The van der Waals surface area contributed by atoms with Gasteiger partial charge in [0, 0.05) is 0 Å². The number of rotatable bonds is 4. The molecule has 160 valence electrons. The molecule has 0 amide bonds. The predicted octanol–water partition coefficient (Wildman–Crippen LogP) is 5.77. The van der Waals surface area contributed by atoms with E-state index in [1.807, 2.05) is 0 Å². The van der Waals surface area contributed by atoms with Gasteiger partial charge in [0.25, 0.3) is 0 Å². The SMILES string of the molecule is O=C(O)c1cc(N=Nc2ccc(O)c(C(=O)O)c2)ccc1O.[NH2-].[NH2-].[NH2-].[NH2-].[Pt+2].[Pt+2]. The Hall–Kier alpha value is -2.20. The number of azo groups is 1. The van der Waals surface area contributed by atoms with E-state index in [-0.39, 0.29) is 89.2 Å². The Labute approximate surface area is 188 Å². The number of hydrogen-bond acceptors (Lipinski definition) is 6. The van der Waals surface area contributed by atoms with E-state index in [2.05, 4.69) is 10.2 Å². The quantitative estimate of drug-likeness (QED) is 0.281. The number of nitrogens with two attached hydrogens (primary N) is 4. The topological polar surface area (TPSA) is 274 Å². The first-order valence-corrected chi connectivity index (χ1v) is 5.93. The van der Waals surface area contributed by atoms with Gasteiger partial charge in [0.1, 0.15) is 22.6 Å². The molecule has 0 bridgehead atoms. The van der Waals surface area contributed by atoms with E-state index < -0.39 is 23.4 Å². The number of phenols is 2. The van der Waals surface area contributed by atoms with Crippen molar-refractivity contribution in [2.24, 2.45) is 10.2 Å². The molecule has 0 heterocycles. The summed E-state index contributed by atoms with van der Waals surface area (Å²) in [7, 11) is 0. The molecule has 0 aliphatic heterocycles. The van der Waals surface area contributed by atoms with Crippen molar-refractivity contribution in [3.05, 3.63) is 72.1 Å². The number of nitrogens with zero attached hydrogens (tertiary/aromatic N) is 2. The van der Waals surface area contributed by atoms with E-state index in [0.717, 1.165) is 24.3 Å². The maximum absolute atomic E-state index is 10.9. The van der Waals surface area contributed by atoms with Gasteiger partial charge in [0.2, 0.25) is 0 Å². The maximum Gasteiger partial charge on any atom is 2.00 e. The largest absolute Gasteiger partial charge is 2.00 e. The summed E-state index contributed by atoms with van der Waals surface area (Å²) in [5.74, 6) is -3.42. The fourth-order valence-corrected chi connectivity index (χ4v) is 1.63. The van der Waals surface area contributed by atoms with Crippen LogP contribution in [0.3, 0.4) is 0 Å². The van der Waals surface area contributed by atoms with Crippen LogP contribution in [-0.2, 0) is 42.1 Å². The predicted molar refractivity (Wildman–Crippen MR) is 95.4 cm³/mol. The first-order valence-electron chi connectivity index (χ1n) is 5.93. The summed E-state index contributed by atoms with van der Waals surface area (Å²) in [6.07, 6.45) is 0. The molecule has 2 rings (SSSR count). The third-order valence-electron chi connectivity index (χ3n) is 2.70. The molecule has 0 atom stereocenters. The van der Waals surface area contributed by atoms with Crippen LogP contribution in [0.5, 0.6) is 11.5 Å². The molecule has 12 nitrogen and oxygen atoms in total. The van der Waals surface area contributed by atoms with Crippen molar-refractivity contribution in [3.8, 4) is 11.5 Å². The maximum atomic E-state index is 10.9. The minimum atomic E-state index is -1.31. The van der Waals surface area contributed by atoms with E-state index in [0.29, 0.717) is 0 Å². The standard InChI is InChI=1S/C14H10N2O6.4H2N.2Pt/c17-11-3-1-7(5-9(11)13(19)20)15-16-8-2-4-12(18)10(6-8)14(21)22;;;;;;/h1-6,17-18H,(H,19,20)(H,21,22);4*1H2;;/q;4*-1;2*+2. The molecule has 0 aromatic heterocycles. The summed E-state index contributed by atoms with van der Waals surface area (Å²) < 4.78 is 0. The number of hydrogen-bond donors (Lipinski definition) is 4. The van der Waals surface area contributed by atoms with Gasteiger partial charge in [-0.05, 0) is 36.4 Å². The van der Waals surface area contributed by atoms with Crippen LogP contribution >= 0.6 is 0 Å². The van der Waals surface area contributed by atoms with Gasteiger partial charge in [-0.3, -0.25) is 0 Å². The fraction of sp³-hybridized carbons (Fsp3) is 0. The molecule has 28 heavy (non-hydrogen) atoms. The zero-order valence-corrected chi connectivity index (χ0v) is 18.5. The number of carbonyl (C=O) groups is 2. The molecule has 0 aliphatic rings. The number of aromatic carboxylic acids is 2. The van der Waals surface area contributed by atoms with Crippen molar-refractivity contribution in [1.82, 2.24) is 0 Å². The molecule has 12 N–H and O–H groups in total. The van der Waals surface area contributed by atoms with Crippen molar-refractivity contribution in [3.63, 3.8) is 0 Å². The zero-order chi connectivity index (χ0) is 16.3. The van der Waals surface area contributed by atoms with Crippen LogP contribution in [0.15, 0.2) is 46.6 Å². The molecular weight excluding hydrogens is 738 g/mol. The second-order valence-corrected chi connectivity index (χ2v) is 4.21. The summed E-state index contributed by atoms with van der Waals surface area (Å²) in [6, 6.07) is 7.28. The summed E-state index contributed by atoms with van der Waals surface area (Å²) in [5, 5.41) is 44.0. The smallest absolute Gasteiger partial charge is 0.693 e. The molecule has 0 spiro atoms. The van der Waals surface area contributed by atoms with E-state index in [9.17, 15) is 19.8 Å². The first kappa shape index (κ1) is 36.7. The van der Waals surface area contributed by atoms with Crippen molar-refractivity contribution in [2.75, 3.05) is 0 Å². The molecule has 0 unspecified atom stereocenters. The monoisotopic (exact) mass is 756 g/mol. The van der Waals surface area contributed by atoms with E-state index in [4.69, 9.17) is 10.2 Å². The average Bonchev–Trinajstić information content (AvgIpc) is 2.47. The van der Waals surface area contributed by atoms with Crippen LogP contribution in [0.4, 0.5) is 11.4 Å². The van der Waals surface area contributed by atoms with Gasteiger partial charge in [-0.25, -0.2) is 9.59 Å². The summed E-state index contributed by atoms with van der Waals surface area (Å²) >= 11 is 0. The van der Waals surface area contributed by atoms with Crippen LogP contribution in [0.2, 0.25) is 0 Å². The van der Waals surface area contributed by atoms with Gasteiger partial charge in [0.05, 0.1) is 11.4 Å². The van der Waals surface area contributed by atoms with Gasteiger partial charge >= 0.3 is 54.1 Å². The molecule has 2 aromatic rings. The van der Waals surface area contributed by atoms with Crippen LogP contribution in [0.1, 0.15) is 20.7 Å². The van der Waals surface area contributed by atoms with Crippen molar-refractivity contribution in [2.45, 2.75) is 0 Å². The average molecular weight is 756 g/mol. The second kappa shape index (κ2) is 15.8. The third-order valence-corrected chi connectivity index (χ3v) is 2.70. The Morgan fingerprint density at radius 2 is 0.929 bits per heavy atom. The van der Waals surface area contributed by atoms with Gasteiger partial charge in [-0.2, -0.15) is 10.2 Å². The fourth-order valence-electron chi connectivity index (χ4n) is 1.63. The Kier molecular flexibility index (Phi) is 20.7. The number of carboxylic acid groups (broad SMARTS) is 2. The molecule has 0 radical (unpaired) electrons. The zero-order valence-electron chi connectivity index (χ0n) is 13.9. The minimum absolute atomic E-state index is 0. The Balaban J connectivity index is -0.000000294. The normalized spacial score (nSPS) is 8.43. The summed E-state index contributed by atoms with van der Waals surface area (Å²) in [5.41, 5.74) is -0.318. The third kappa shape index (κ3) is 9.13. The molecular formula is C14H18N6O6Pt2. The molecule has 0 saturated heterocycles. The van der Waals surface area contributed by atoms with Crippen molar-refractivity contribution < 1.29 is 72.1 Å². The number of carboxylic acids is 2. The van der Waals surface area contributed by atoms with Crippen molar-refractivity contribution >= 4 is 23.3 Å². The van der Waals surface area contributed by atoms with Crippen LogP contribution < -0.4 is 0 Å². The molecule has 2 aromatic carbocycles. The van der Waals surface area contributed by atoms with Crippen molar-refractivity contribution in [1.29, 1.82) is 0 Å². The Morgan fingerprint density at radius 1 is 0.643 bits per heavy atom. The second-order valence-electron chi connectivity index (χ2n) is 4.21. The van der Waals surface area contributed by atoms with Crippen LogP contribution in [0, 0.1) is 0 Å². The number of benzene rings is 2. The van der Waals surface area contributed by atoms with Gasteiger partial charge < -0.3 is 45.0 Å². The molecule has 0 fully saturated rings. The Morgan fingerprint density at radius 3 is 1.18 bits per heavy atom. The van der Waals surface area contributed by atoms with Crippen LogP contribution in [-0.4, -0.2) is 32.4 Å². The summed E-state index contributed by atoms with van der Waals surface area (Å²) in [4.78, 5) is 21.8. The molecule has 14 heteroatoms. The summed E-state index contributed by atoms with van der Waals surface area (Å²) in [6.45, 7) is 0. The van der Waals surface area contributed by atoms with E-state index in [1.54, 1.807) is 0 Å². The van der Waals surface area contributed by atoms with Gasteiger partial charge in [-0.1, -0.05) is 0 Å². The molecule has 0 aliphatic carbocycles. The molecule has 0 saturated carbocycles. The van der Waals surface area contributed by atoms with E-state index in [1.165, 1.54) is 12.1 Å². The van der Waals surface area contributed by atoms with Crippen LogP contribution in [0.25, 0.3) is 24.6 Å². The minimum Gasteiger partial charge on any atom is -0.693 e. The van der Waals surface area contributed by atoms with E-state index >= 15 is 0 Å². The van der Waals surface area contributed by atoms with Gasteiger partial charge in [-0.15, -0.1) is 0 Å².